The summed E-state index contributed by atoms with van der Waals surface area (Å²) in [5, 5.41) is 0. The molecule has 0 spiro atoms. The van der Waals surface area contributed by atoms with Crippen molar-refractivity contribution >= 4 is 0 Å². The molecule has 2 aliphatic heterocycles. The smallest absolute Gasteiger partial charge is 0.0239 e. The minimum atomic E-state index is 0.774. The van der Waals surface area contributed by atoms with Crippen LogP contribution in [0.1, 0.15) is 42.7 Å². The zero-order chi connectivity index (χ0) is 14.1. The molecule has 0 aliphatic carbocycles. The number of benzene rings is 2. The maximum atomic E-state index is 2.77. The lowest BCUT2D eigenvalue weighted by molar-refractivity contribution is 0.118. The molecular weight excluding hydrogens is 254 g/mol. The fraction of sp³-hybridized carbons (Fsp3) is 0.400. The number of fused-ring (bicyclic) bond motifs is 2. The third-order valence-electron chi connectivity index (χ3n) is 5.36. The van der Waals surface area contributed by atoms with Gasteiger partial charge in [-0.15, -0.1) is 0 Å². The van der Waals surface area contributed by atoms with Gasteiger partial charge in [-0.25, -0.2) is 0 Å². The summed E-state index contributed by atoms with van der Waals surface area (Å²) in [4.78, 5) is 2.77. The molecule has 2 atom stereocenters. The van der Waals surface area contributed by atoms with Crippen LogP contribution in [-0.4, -0.2) is 17.0 Å². The van der Waals surface area contributed by atoms with Crippen molar-refractivity contribution in [2.45, 2.75) is 50.2 Å². The zero-order valence-electron chi connectivity index (χ0n) is 12.5. The third-order valence-corrected chi connectivity index (χ3v) is 5.36. The molecule has 1 nitrogen and oxygen atoms in total. The van der Waals surface area contributed by atoms with Crippen LogP contribution in [0.2, 0.25) is 0 Å². The number of piperidine rings is 1. The van der Waals surface area contributed by atoms with E-state index in [0.29, 0.717) is 0 Å². The number of hydrogen-bond acceptors (Lipinski definition) is 1. The summed E-state index contributed by atoms with van der Waals surface area (Å²) in [7, 11) is 0. The second kappa shape index (κ2) is 5.65. The zero-order valence-corrected chi connectivity index (χ0v) is 12.5. The van der Waals surface area contributed by atoms with Crippen LogP contribution in [-0.2, 0) is 6.54 Å². The Morgan fingerprint density at radius 1 is 0.762 bits per heavy atom. The Kier molecular flexibility index (Phi) is 3.52. The van der Waals surface area contributed by atoms with Crippen LogP contribution in [0.3, 0.4) is 0 Å². The fourth-order valence-electron chi connectivity index (χ4n) is 4.32. The van der Waals surface area contributed by atoms with Crippen molar-refractivity contribution in [1.82, 2.24) is 4.90 Å². The summed E-state index contributed by atoms with van der Waals surface area (Å²) in [6.45, 7) is 1.14. The Labute approximate surface area is 127 Å². The van der Waals surface area contributed by atoms with Crippen LogP contribution in [0.4, 0.5) is 0 Å². The van der Waals surface area contributed by atoms with Gasteiger partial charge in [-0.3, -0.25) is 4.90 Å². The number of nitrogens with zero attached hydrogens (tertiary/aromatic N) is 1. The lowest BCUT2D eigenvalue weighted by atomic mass is 9.85. The van der Waals surface area contributed by atoms with E-state index in [-0.39, 0.29) is 0 Å². The SMILES string of the molecule is c1ccc(CN2C3CCC2CC(c2ccccc2)C3)cc1. The van der Waals surface area contributed by atoms with Gasteiger partial charge in [0.05, 0.1) is 0 Å². The Balaban J connectivity index is 1.49. The molecule has 2 aromatic rings. The molecule has 2 unspecified atom stereocenters. The average Bonchev–Trinajstić information content (AvgIpc) is 2.78. The molecule has 4 rings (SSSR count). The molecule has 0 radical (unpaired) electrons. The quantitative estimate of drug-likeness (QED) is 0.792. The van der Waals surface area contributed by atoms with E-state index < -0.39 is 0 Å². The van der Waals surface area contributed by atoms with Crippen LogP contribution >= 0.6 is 0 Å². The molecule has 0 aromatic heterocycles. The topological polar surface area (TPSA) is 3.24 Å². The predicted octanol–water partition coefficient (Wildman–Crippen LogP) is 4.60. The second-order valence-corrected chi connectivity index (χ2v) is 6.62. The molecule has 1 heteroatoms. The van der Waals surface area contributed by atoms with Gasteiger partial charge in [0.15, 0.2) is 0 Å². The summed E-state index contributed by atoms with van der Waals surface area (Å²) in [6, 6.07) is 23.7. The van der Waals surface area contributed by atoms with Gasteiger partial charge in [-0.05, 0) is 42.7 Å². The molecule has 2 heterocycles. The van der Waals surface area contributed by atoms with Gasteiger partial charge in [0.1, 0.15) is 0 Å². The van der Waals surface area contributed by atoms with Crippen molar-refractivity contribution in [3.8, 4) is 0 Å². The number of rotatable bonds is 3. The van der Waals surface area contributed by atoms with E-state index >= 15 is 0 Å². The Morgan fingerprint density at radius 2 is 1.33 bits per heavy atom. The molecule has 2 saturated heterocycles. The van der Waals surface area contributed by atoms with Gasteiger partial charge in [0.25, 0.3) is 0 Å². The van der Waals surface area contributed by atoms with Gasteiger partial charge >= 0.3 is 0 Å². The summed E-state index contributed by atoms with van der Waals surface area (Å²) >= 11 is 0. The van der Waals surface area contributed by atoms with E-state index in [1.54, 1.807) is 5.56 Å². The Morgan fingerprint density at radius 3 is 1.95 bits per heavy atom. The lowest BCUT2D eigenvalue weighted by Crippen LogP contribution is -2.41. The molecule has 2 bridgehead atoms. The molecule has 2 fully saturated rings. The van der Waals surface area contributed by atoms with Gasteiger partial charge in [-0.1, -0.05) is 60.7 Å². The average molecular weight is 277 g/mol. The standard InChI is InChI=1S/C20H23N/c1-3-7-16(8-4-1)15-21-19-11-12-20(21)14-18(13-19)17-9-5-2-6-10-17/h1-10,18-20H,11-15H2. The van der Waals surface area contributed by atoms with Crippen LogP contribution in [0.15, 0.2) is 60.7 Å². The van der Waals surface area contributed by atoms with Crippen LogP contribution < -0.4 is 0 Å². The molecule has 0 saturated carbocycles. The molecule has 21 heavy (non-hydrogen) atoms. The van der Waals surface area contributed by atoms with E-state index in [1.807, 2.05) is 0 Å². The van der Waals surface area contributed by atoms with Gasteiger partial charge in [0.2, 0.25) is 0 Å². The van der Waals surface area contributed by atoms with Crippen molar-refractivity contribution in [1.29, 1.82) is 0 Å². The minimum absolute atomic E-state index is 0.774. The monoisotopic (exact) mass is 277 g/mol. The first-order valence-corrected chi connectivity index (χ1v) is 8.25. The van der Waals surface area contributed by atoms with E-state index in [1.165, 1.54) is 31.2 Å². The van der Waals surface area contributed by atoms with Gasteiger partial charge in [-0.2, -0.15) is 0 Å². The minimum Gasteiger partial charge on any atom is -0.293 e. The molecule has 2 aromatic carbocycles. The first-order valence-electron chi connectivity index (χ1n) is 8.25. The van der Waals surface area contributed by atoms with Gasteiger partial charge < -0.3 is 0 Å². The van der Waals surface area contributed by atoms with Gasteiger partial charge in [0, 0.05) is 18.6 Å². The van der Waals surface area contributed by atoms with Crippen LogP contribution in [0.25, 0.3) is 0 Å². The summed E-state index contributed by atoms with van der Waals surface area (Å²) in [6.07, 6.45) is 5.46. The van der Waals surface area contributed by atoms with E-state index in [4.69, 9.17) is 0 Å². The largest absolute Gasteiger partial charge is 0.293 e. The molecular formula is C20H23N. The van der Waals surface area contributed by atoms with Crippen molar-refractivity contribution < 1.29 is 0 Å². The second-order valence-electron chi connectivity index (χ2n) is 6.62. The highest BCUT2D eigenvalue weighted by atomic mass is 15.2. The predicted molar refractivity (Wildman–Crippen MR) is 87.2 cm³/mol. The first kappa shape index (κ1) is 13.1. The van der Waals surface area contributed by atoms with Crippen molar-refractivity contribution in [3.63, 3.8) is 0 Å². The van der Waals surface area contributed by atoms with E-state index in [9.17, 15) is 0 Å². The first-order chi connectivity index (χ1) is 10.4. The molecule has 0 amide bonds. The Hall–Kier alpha value is -1.60. The normalized spacial score (nSPS) is 28.7. The summed E-state index contributed by atoms with van der Waals surface area (Å²) in [5.41, 5.74) is 3.02. The van der Waals surface area contributed by atoms with E-state index in [2.05, 4.69) is 65.6 Å². The highest BCUT2D eigenvalue weighted by Crippen LogP contribution is 2.43. The number of hydrogen-bond donors (Lipinski definition) is 0. The summed E-state index contributed by atoms with van der Waals surface area (Å²) < 4.78 is 0. The maximum absolute atomic E-state index is 2.77. The molecule has 0 N–H and O–H groups in total. The molecule has 108 valence electrons. The van der Waals surface area contributed by atoms with Crippen LogP contribution in [0.5, 0.6) is 0 Å². The third kappa shape index (κ3) is 2.63. The maximum Gasteiger partial charge on any atom is 0.0239 e. The summed E-state index contributed by atoms with van der Waals surface area (Å²) in [5.74, 6) is 0.774. The van der Waals surface area contributed by atoms with Crippen molar-refractivity contribution in [2.24, 2.45) is 0 Å². The van der Waals surface area contributed by atoms with E-state index in [0.717, 1.165) is 24.5 Å². The lowest BCUT2D eigenvalue weighted by Gasteiger charge is -2.39. The van der Waals surface area contributed by atoms with Crippen molar-refractivity contribution in [2.75, 3.05) is 0 Å². The highest BCUT2D eigenvalue weighted by molar-refractivity contribution is 5.22. The molecule has 2 aliphatic rings. The van der Waals surface area contributed by atoms with Crippen molar-refractivity contribution in [3.05, 3.63) is 71.8 Å². The fourth-order valence-corrected chi connectivity index (χ4v) is 4.32. The Bertz CT molecular complexity index is 563. The highest BCUT2D eigenvalue weighted by Gasteiger charge is 2.40. The van der Waals surface area contributed by atoms with Crippen LogP contribution in [0, 0.1) is 0 Å².